The number of nitrogens with zero attached hydrogens (tertiary/aromatic N) is 1. The molecule has 0 bridgehead atoms. The quantitative estimate of drug-likeness (QED) is 0.673. The van der Waals surface area contributed by atoms with Crippen molar-refractivity contribution in [3.8, 4) is 6.07 Å². The summed E-state index contributed by atoms with van der Waals surface area (Å²) < 4.78 is 23.0. The molecule has 0 rings (SSSR count). The van der Waals surface area contributed by atoms with Crippen LogP contribution in [0.15, 0.2) is 0 Å². The van der Waals surface area contributed by atoms with Crippen LogP contribution in [-0.2, 0) is 9.84 Å². The van der Waals surface area contributed by atoms with Gasteiger partial charge < -0.3 is 0 Å². The molecule has 0 saturated heterocycles. The molecule has 0 aliphatic carbocycles. The van der Waals surface area contributed by atoms with Crippen molar-refractivity contribution in [1.29, 1.82) is 5.26 Å². The van der Waals surface area contributed by atoms with E-state index in [1.54, 1.807) is 27.7 Å². The minimum absolute atomic E-state index is 0.137. The van der Waals surface area contributed by atoms with Gasteiger partial charge in [0.15, 0.2) is 15.1 Å². The van der Waals surface area contributed by atoms with Crippen LogP contribution in [0.4, 0.5) is 0 Å². The third kappa shape index (κ3) is 2.21. The zero-order valence-corrected chi connectivity index (χ0v) is 8.72. The lowest BCUT2D eigenvalue weighted by Gasteiger charge is -2.16. The maximum atomic E-state index is 11.5. The molecule has 0 aromatic rings. The molecule has 0 N–H and O–H groups in total. The normalized spacial score (nSPS) is 14.8. The van der Waals surface area contributed by atoms with E-state index in [1.807, 2.05) is 6.07 Å². The second-order valence-electron chi connectivity index (χ2n) is 3.43. The molecule has 70 valence electrons. The highest BCUT2D eigenvalue weighted by Gasteiger charge is 2.30. The van der Waals surface area contributed by atoms with E-state index >= 15 is 0 Å². The van der Waals surface area contributed by atoms with E-state index in [2.05, 4.69) is 0 Å². The maximum absolute atomic E-state index is 11.5. The van der Waals surface area contributed by atoms with Crippen molar-refractivity contribution in [3.05, 3.63) is 0 Å². The van der Waals surface area contributed by atoms with Gasteiger partial charge in [-0.15, -0.1) is 0 Å². The number of hydrogen-bond donors (Lipinski definition) is 0. The van der Waals surface area contributed by atoms with Gasteiger partial charge in [0.1, 0.15) is 0 Å². The number of nitriles is 1. The van der Waals surface area contributed by atoms with E-state index in [1.165, 1.54) is 0 Å². The van der Waals surface area contributed by atoms with Crippen LogP contribution in [0.25, 0.3) is 0 Å². The van der Waals surface area contributed by atoms with Crippen molar-refractivity contribution in [2.45, 2.75) is 38.2 Å². The minimum atomic E-state index is -3.25. The molecule has 0 fully saturated rings. The molecule has 0 aliphatic heterocycles. The Morgan fingerprint density at radius 1 is 1.17 bits per heavy atom. The molecule has 0 radical (unpaired) electrons. The predicted octanol–water partition coefficient (Wildman–Crippen LogP) is 1.36. The van der Waals surface area contributed by atoms with Gasteiger partial charge in [0.2, 0.25) is 0 Å². The summed E-state index contributed by atoms with van der Waals surface area (Å²) in [5.41, 5.74) is 0. The molecular formula is C8H15NO2S. The van der Waals surface area contributed by atoms with E-state index in [0.717, 1.165) is 0 Å². The topological polar surface area (TPSA) is 57.9 Å². The van der Waals surface area contributed by atoms with Crippen molar-refractivity contribution in [3.63, 3.8) is 0 Å². The predicted molar refractivity (Wildman–Crippen MR) is 48.3 cm³/mol. The molecule has 3 nitrogen and oxygen atoms in total. The zero-order valence-electron chi connectivity index (χ0n) is 7.90. The molecule has 0 heterocycles. The first-order valence-electron chi connectivity index (χ1n) is 3.96. The first kappa shape index (κ1) is 11.4. The van der Waals surface area contributed by atoms with Crippen molar-refractivity contribution in [2.75, 3.05) is 0 Å². The molecule has 0 amide bonds. The lowest BCUT2D eigenvalue weighted by atomic mass is 10.1. The molecule has 0 saturated carbocycles. The van der Waals surface area contributed by atoms with Gasteiger partial charge in [-0.05, 0) is 19.8 Å². The van der Waals surface area contributed by atoms with Crippen molar-refractivity contribution in [1.82, 2.24) is 0 Å². The number of sulfone groups is 1. The van der Waals surface area contributed by atoms with Gasteiger partial charge in [-0.25, -0.2) is 8.42 Å². The highest BCUT2D eigenvalue weighted by Crippen LogP contribution is 2.16. The van der Waals surface area contributed by atoms with E-state index in [4.69, 9.17) is 5.26 Å². The fraction of sp³-hybridized carbons (Fsp3) is 0.875. The Kier molecular flexibility index (Phi) is 3.72. The SMILES string of the molecule is CC(C)C(C#N)S(=O)(=O)C(C)C. The van der Waals surface area contributed by atoms with E-state index in [0.29, 0.717) is 0 Å². The molecular weight excluding hydrogens is 174 g/mol. The van der Waals surface area contributed by atoms with Crippen LogP contribution in [-0.4, -0.2) is 18.9 Å². The Morgan fingerprint density at radius 3 is 1.67 bits per heavy atom. The number of rotatable bonds is 3. The molecule has 0 aliphatic rings. The average Bonchev–Trinajstić information content (AvgIpc) is 1.86. The van der Waals surface area contributed by atoms with E-state index in [9.17, 15) is 8.42 Å². The second-order valence-corrected chi connectivity index (χ2v) is 6.06. The van der Waals surface area contributed by atoms with Crippen LogP contribution >= 0.6 is 0 Å². The lowest BCUT2D eigenvalue weighted by molar-refractivity contribution is 0.555. The lowest BCUT2D eigenvalue weighted by Crippen LogP contribution is -2.31. The van der Waals surface area contributed by atoms with Crippen molar-refractivity contribution in [2.24, 2.45) is 5.92 Å². The van der Waals surface area contributed by atoms with Crippen LogP contribution in [0, 0.1) is 17.2 Å². The van der Waals surface area contributed by atoms with Crippen LogP contribution in [0.3, 0.4) is 0 Å². The fourth-order valence-corrected chi connectivity index (χ4v) is 2.39. The molecule has 0 aromatic carbocycles. The summed E-state index contributed by atoms with van der Waals surface area (Å²) in [7, 11) is -3.25. The largest absolute Gasteiger partial charge is 0.227 e. The summed E-state index contributed by atoms with van der Waals surface area (Å²) in [5.74, 6) is -0.137. The van der Waals surface area contributed by atoms with Gasteiger partial charge in [-0.3, -0.25) is 0 Å². The van der Waals surface area contributed by atoms with Crippen LogP contribution in [0.1, 0.15) is 27.7 Å². The first-order valence-corrected chi connectivity index (χ1v) is 5.57. The van der Waals surface area contributed by atoms with Gasteiger partial charge in [0.05, 0.1) is 11.3 Å². The van der Waals surface area contributed by atoms with Gasteiger partial charge in [-0.2, -0.15) is 5.26 Å². The molecule has 1 unspecified atom stereocenters. The molecule has 12 heavy (non-hydrogen) atoms. The fourth-order valence-electron chi connectivity index (χ4n) is 0.895. The summed E-state index contributed by atoms with van der Waals surface area (Å²) in [6.07, 6.45) is 0. The highest BCUT2D eigenvalue weighted by molar-refractivity contribution is 7.92. The Balaban J connectivity index is 4.91. The van der Waals surface area contributed by atoms with Gasteiger partial charge in [-0.1, -0.05) is 13.8 Å². The van der Waals surface area contributed by atoms with Crippen LogP contribution in [0.2, 0.25) is 0 Å². The van der Waals surface area contributed by atoms with Gasteiger partial charge in [0, 0.05) is 0 Å². The Morgan fingerprint density at radius 2 is 1.58 bits per heavy atom. The Labute approximate surface area is 74.3 Å². The molecule has 4 heteroatoms. The van der Waals surface area contributed by atoms with Gasteiger partial charge in [0.25, 0.3) is 0 Å². The standard InChI is InChI=1S/C8H15NO2S/c1-6(2)8(5-9)12(10,11)7(3)4/h6-8H,1-4H3. The molecule has 0 spiro atoms. The van der Waals surface area contributed by atoms with Crippen LogP contribution in [0.5, 0.6) is 0 Å². The van der Waals surface area contributed by atoms with E-state index in [-0.39, 0.29) is 5.92 Å². The minimum Gasteiger partial charge on any atom is -0.227 e. The average molecular weight is 189 g/mol. The summed E-state index contributed by atoms with van der Waals surface area (Å²) >= 11 is 0. The zero-order chi connectivity index (χ0) is 9.94. The third-order valence-corrected chi connectivity index (χ3v) is 4.42. The monoisotopic (exact) mass is 189 g/mol. The van der Waals surface area contributed by atoms with Crippen LogP contribution < -0.4 is 0 Å². The van der Waals surface area contributed by atoms with Crippen molar-refractivity contribution >= 4 is 9.84 Å². The second kappa shape index (κ2) is 3.90. The van der Waals surface area contributed by atoms with Gasteiger partial charge >= 0.3 is 0 Å². The Bertz CT molecular complexity index is 272. The highest BCUT2D eigenvalue weighted by atomic mass is 32.2. The smallest absolute Gasteiger partial charge is 0.169 e. The third-order valence-electron chi connectivity index (χ3n) is 1.74. The Hall–Kier alpha value is -0.560. The molecule has 1 atom stereocenters. The summed E-state index contributed by atoms with van der Waals surface area (Å²) in [6, 6.07) is 1.84. The summed E-state index contributed by atoms with van der Waals surface area (Å²) in [6.45, 7) is 6.69. The summed E-state index contributed by atoms with van der Waals surface area (Å²) in [5, 5.41) is 7.32. The first-order chi connectivity index (χ1) is 5.34. The van der Waals surface area contributed by atoms with Crippen molar-refractivity contribution < 1.29 is 8.42 Å². The number of hydrogen-bond acceptors (Lipinski definition) is 3. The maximum Gasteiger partial charge on any atom is 0.169 e. The summed E-state index contributed by atoms with van der Waals surface area (Å²) in [4.78, 5) is 0. The molecule has 0 aromatic heterocycles. The van der Waals surface area contributed by atoms with E-state index < -0.39 is 20.3 Å².